The van der Waals surface area contributed by atoms with Gasteiger partial charge >= 0.3 is 0 Å². The van der Waals surface area contributed by atoms with Gasteiger partial charge in [0.2, 0.25) is 0 Å². The maximum absolute atomic E-state index is 12.6. The molecule has 1 aromatic carbocycles. The Bertz CT molecular complexity index is 678. The van der Waals surface area contributed by atoms with Crippen LogP contribution in [0.2, 0.25) is 0 Å². The predicted molar refractivity (Wildman–Crippen MR) is 81.0 cm³/mol. The van der Waals surface area contributed by atoms with Crippen molar-refractivity contribution in [3.8, 4) is 5.75 Å². The molecule has 0 spiro atoms. The van der Waals surface area contributed by atoms with Gasteiger partial charge in [-0.3, -0.25) is 9.48 Å². The average molecular weight is 288 g/mol. The third-order valence-corrected chi connectivity index (χ3v) is 3.76. The number of aryl methyl sites for hydroxylation is 2. The zero-order valence-electron chi connectivity index (χ0n) is 12.7. The van der Waals surface area contributed by atoms with Crippen molar-refractivity contribution in [2.24, 2.45) is 7.05 Å². The minimum atomic E-state index is -0.284. The minimum absolute atomic E-state index is 0.166. The predicted octanol–water partition coefficient (Wildman–Crippen LogP) is 1.85. The molecule has 0 aliphatic heterocycles. The summed E-state index contributed by atoms with van der Waals surface area (Å²) < 4.78 is 1.49. The first-order chi connectivity index (χ1) is 9.84. The van der Waals surface area contributed by atoms with E-state index in [0.29, 0.717) is 22.6 Å². The highest BCUT2D eigenvalue weighted by molar-refractivity contribution is 5.98. The Morgan fingerprint density at radius 2 is 2.05 bits per heavy atom. The highest BCUT2D eigenvalue weighted by Crippen LogP contribution is 2.29. The number of carbonyl (C=O) groups is 1. The molecule has 0 aliphatic rings. The number of hydrogen-bond donors (Lipinski definition) is 2. The molecule has 2 aromatic rings. The summed E-state index contributed by atoms with van der Waals surface area (Å²) in [4.78, 5) is 14.2. The van der Waals surface area contributed by atoms with Gasteiger partial charge in [-0.05, 0) is 19.9 Å². The lowest BCUT2D eigenvalue weighted by molar-refractivity contribution is 0.0731. The van der Waals surface area contributed by atoms with E-state index in [-0.39, 0.29) is 17.7 Å². The standard InChI is InChI=1S/C15H20N4O2/c1-9-13(16)14(19(4)17-9)15(21)18(3)10(2)11-7-5-6-8-12(11)20/h5-8,10,20H,16H2,1-4H3. The van der Waals surface area contributed by atoms with Crippen molar-refractivity contribution in [1.82, 2.24) is 14.7 Å². The lowest BCUT2D eigenvalue weighted by Gasteiger charge is -2.26. The van der Waals surface area contributed by atoms with E-state index in [2.05, 4.69) is 5.10 Å². The van der Waals surface area contributed by atoms with Crippen molar-refractivity contribution in [3.05, 3.63) is 41.2 Å². The summed E-state index contributed by atoms with van der Waals surface area (Å²) in [5.41, 5.74) is 7.99. The normalized spacial score (nSPS) is 12.2. The van der Waals surface area contributed by atoms with Crippen molar-refractivity contribution >= 4 is 11.6 Å². The Hall–Kier alpha value is -2.50. The molecule has 1 amide bonds. The van der Waals surface area contributed by atoms with Gasteiger partial charge < -0.3 is 15.7 Å². The van der Waals surface area contributed by atoms with Crippen molar-refractivity contribution in [2.45, 2.75) is 19.9 Å². The number of phenols is 1. The SMILES string of the molecule is Cc1nn(C)c(C(=O)N(C)C(C)c2ccccc2O)c1N. The first-order valence-corrected chi connectivity index (χ1v) is 6.68. The summed E-state index contributed by atoms with van der Waals surface area (Å²) in [5.74, 6) is -0.0647. The number of rotatable bonds is 3. The molecule has 1 unspecified atom stereocenters. The van der Waals surface area contributed by atoms with Crippen LogP contribution in [0, 0.1) is 6.92 Å². The average Bonchev–Trinajstić information content (AvgIpc) is 2.70. The monoisotopic (exact) mass is 288 g/mol. The molecule has 6 heteroatoms. The van der Waals surface area contributed by atoms with E-state index in [9.17, 15) is 9.90 Å². The van der Waals surface area contributed by atoms with E-state index in [4.69, 9.17) is 5.73 Å². The summed E-state index contributed by atoms with van der Waals surface area (Å²) >= 11 is 0. The Kier molecular flexibility index (Phi) is 3.88. The fourth-order valence-electron chi connectivity index (χ4n) is 2.32. The third-order valence-electron chi connectivity index (χ3n) is 3.76. The van der Waals surface area contributed by atoms with Crippen LogP contribution in [0.4, 0.5) is 5.69 Å². The number of amides is 1. The maximum atomic E-state index is 12.6. The van der Waals surface area contributed by atoms with Gasteiger partial charge in [0.1, 0.15) is 11.4 Å². The maximum Gasteiger partial charge on any atom is 0.274 e. The number of para-hydroxylation sites is 1. The molecular formula is C15H20N4O2. The second-order valence-corrected chi connectivity index (χ2v) is 5.12. The highest BCUT2D eigenvalue weighted by atomic mass is 16.3. The summed E-state index contributed by atoms with van der Waals surface area (Å²) in [5, 5.41) is 14.1. The van der Waals surface area contributed by atoms with Gasteiger partial charge in [-0.25, -0.2) is 0 Å². The van der Waals surface area contributed by atoms with Crippen LogP contribution >= 0.6 is 0 Å². The van der Waals surface area contributed by atoms with Gasteiger partial charge in [0.25, 0.3) is 5.91 Å². The lowest BCUT2D eigenvalue weighted by Crippen LogP contribution is -2.31. The van der Waals surface area contributed by atoms with Crippen LogP contribution in [-0.4, -0.2) is 32.7 Å². The van der Waals surface area contributed by atoms with Gasteiger partial charge in [0, 0.05) is 19.7 Å². The first-order valence-electron chi connectivity index (χ1n) is 6.68. The Balaban J connectivity index is 2.33. The molecule has 2 rings (SSSR count). The van der Waals surface area contributed by atoms with Crippen LogP contribution in [0.1, 0.15) is 34.7 Å². The summed E-state index contributed by atoms with van der Waals surface area (Å²) in [6.07, 6.45) is 0. The van der Waals surface area contributed by atoms with E-state index < -0.39 is 0 Å². The topological polar surface area (TPSA) is 84.4 Å². The number of nitrogens with two attached hydrogens (primary N) is 1. The van der Waals surface area contributed by atoms with E-state index >= 15 is 0 Å². The summed E-state index contributed by atoms with van der Waals surface area (Å²) in [6.45, 7) is 3.62. The fourth-order valence-corrected chi connectivity index (χ4v) is 2.32. The zero-order valence-corrected chi connectivity index (χ0v) is 12.7. The van der Waals surface area contributed by atoms with Gasteiger partial charge in [-0.15, -0.1) is 0 Å². The minimum Gasteiger partial charge on any atom is -0.508 e. The van der Waals surface area contributed by atoms with Gasteiger partial charge in [-0.1, -0.05) is 18.2 Å². The second-order valence-electron chi connectivity index (χ2n) is 5.12. The fraction of sp³-hybridized carbons (Fsp3) is 0.333. The van der Waals surface area contributed by atoms with Crippen LogP contribution < -0.4 is 5.73 Å². The second kappa shape index (κ2) is 5.47. The number of carbonyl (C=O) groups excluding carboxylic acids is 1. The largest absolute Gasteiger partial charge is 0.508 e. The number of aromatic hydroxyl groups is 1. The van der Waals surface area contributed by atoms with Crippen molar-refractivity contribution in [1.29, 1.82) is 0 Å². The number of phenolic OH excluding ortho intramolecular Hbond substituents is 1. The van der Waals surface area contributed by atoms with Gasteiger partial charge in [0.15, 0.2) is 0 Å². The molecule has 0 saturated heterocycles. The number of anilines is 1. The molecule has 21 heavy (non-hydrogen) atoms. The number of nitrogen functional groups attached to an aromatic ring is 1. The first kappa shape index (κ1) is 14.9. The van der Waals surface area contributed by atoms with Crippen LogP contribution in [0.3, 0.4) is 0 Å². The van der Waals surface area contributed by atoms with Crippen molar-refractivity contribution in [3.63, 3.8) is 0 Å². The molecule has 0 saturated carbocycles. The van der Waals surface area contributed by atoms with Crippen molar-refractivity contribution < 1.29 is 9.90 Å². The third kappa shape index (κ3) is 2.56. The van der Waals surface area contributed by atoms with E-state index in [1.807, 2.05) is 13.0 Å². The Morgan fingerprint density at radius 3 is 2.57 bits per heavy atom. The molecule has 3 N–H and O–H groups in total. The lowest BCUT2D eigenvalue weighted by atomic mass is 10.1. The molecule has 1 aromatic heterocycles. The molecular weight excluding hydrogens is 268 g/mol. The molecule has 0 bridgehead atoms. The number of aromatic nitrogens is 2. The van der Waals surface area contributed by atoms with Crippen LogP contribution in [0.15, 0.2) is 24.3 Å². The van der Waals surface area contributed by atoms with E-state index in [1.54, 1.807) is 44.1 Å². The van der Waals surface area contributed by atoms with Crippen LogP contribution in [0.5, 0.6) is 5.75 Å². The number of nitrogens with zero attached hydrogens (tertiary/aromatic N) is 3. The van der Waals surface area contributed by atoms with Crippen molar-refractivity contribution in [2.75, 3.05) is 12.8 Å². The Morgan fingerprint density at radius 1 is 1.43 bits per heavy atom. The molecule has 1 heterocycles. The molecule has 6 nitrogen and oxygen atoms in total. The van der Waals surface area contributed by atoms with E-state index in [1.165, 1.54) is 4.68 Å². The van der Waals surface area contributed by atoms with Gasteiger partial charge in [-0.2, -0.15) is 5.10 Å². The molecule has 0 radical (unpaired) electrons. The van der Waals surface area contributed by atoms with Crippen LogP contribution in [-0.2, 0) is 7.05 Å². The molecule has 0 fully saturated rings. The summed E-state index contributed by atoms with van der Waals surface area (Å²) in [7, 11) is 3.37. The number of hydrogen-bond acceptors (Lipinski definition) is 4. The molecule has 1 atom stereocenters. The van der Waals surface area contributed by atoms with E-state index in [0.717, 1.165) is 0 Å². The molecule has 0 aliphatic carbocycles. The summed E-state index contributed by atoms with van der Waals surface area (Å²) in [6, 6.07) is 6.68. The highest BCUT2D eigenvalue weighted by Gasteiger charge is 2.26. The van der Waals surface area contributed by atoms with Gasteiger partial charge in [0.05, 0.1) is 17.4 Å². The zero-order chi connectivity index (χ0) is 15.7. The number of benzene rings is 1. The quantitative estimate of drug-likeness (QED) is 0.902. The molecule has 112 valence electrons. The van der Waals surface area contributed by atoms with Crippen LogP contribution in [0.25, 0.3) is 0 Å². The Labute approximate surface area is 123 Å². The smallest absolute Gasteiger partial charge is 0.274 e.